The van der Waals surface area contributed by atoms with Crippen LogP contribution in [0.15, 0.2) is 24.3 Å². The van der Waals surface area contributed by atoms with Crippen LogP contribution < -0.4 is 10.6 Å². The molecule has 0 aliphatic carbocycles. The van der Waals surface area contributed by atoms with Gasteiger partial charge in [0.1, 0.15) is 0 Å². The zero-order valence-corrected chi connectivity index (χ0v) is 12.5. The van der Waals surface area contributed by atoms with Gasteiger partial charge in [-0.05, 0) is 25.3 Å². The Morgan fingerprint density at radius 1 is 1.25 bits per heavy atom. The van der Waals surface area contributed by atoms with E-state index in [-0.39, 0.29) is 5.91 Å². The fraction of sp³-hybridized carbons (Fsp3) is 0.562. The number of amides is 1. The minimum atomic E-state index is 0.107. The summed E-state index contributed by atoms with van der Waals surface area (Å²) in [4.78, 5) is 13.6. The topological polar surface area (TPSA) is 44.4 Å². The standard InChI is InChI=1S/C16H25N3O/c1-13-3-5-14(6-4-13)11-18-15-7-9-19(10-8-15)12-16(20)17-2/h3-6,15,18H,7-12H2,1-2H3,(H,17,20). The summed E-state index contributed by atoms with van der Waals surface area (Å²) < 4.78 is 0. The van der Waals surface area contributed by atoms with E-state index in [1.165, 1.54) is 11.1 Å². The molecule has 4 heteroatoms. The van der Waals surface area contributed by atoms with Crippen molar-refractivity contribution in [1.29, 1.82) is 0 Å². The molecule has 0 unspecified atom stereocenters. The Bertz CT molecular complexity index is 422. The van der Waals surface area contributed by atoms with Gasteiger partial charge in [0.25, 0.3) is 0 Å². The van der Waals surface area contributed by atoms with E-state index in [0.717, 1.165) is 32.5 Å². The first-order valence-electron chi connectivity index (χ1n) is 7.39. The lowest BCUT2D eigenvalue weighted by Crippen LogP contribution is -2.45. The summed E-state index contributed by atoms with van der Waals surface area (Å²) >= 11 is 0. The van der Waals surface area contributed by atoms with E-state index in [2.05, 4.69) is 46.7 Å². The molecule has 2 N–H and O–H groups in total. The normalized spacial score (nSPS) is 17.1. The highest BCUT2D eigenvalue weighted by atomic mass is 16.1. The van der Waals surface area contributed by atoms with Gasteiger partial charge in [-0.15, -0.1) is 0 Å². The molecule has 20 heavy (non-hydrogen) atoms. The monoisotopic (exact) mass is 275 g/mol. The molecule has 0 spiro atoms. The molecule has 0 aromatic heterocycles. The second kappa shape index (κ2) is 7.41. The largest absolute Gasteiger partial charge is 0.358 e. The molecule has 1 fully saturated rings. The van der Waals surface area contributed by atoms with Gasteiger partial charge in [-0.3, -0.25) is 9.69 Å². The van der Waals surface area contributed by atoms with E-state index in [9.17, 15) is 4.79 Å². The molecule has 0 saturated carbocycles. The van der Waals surface area contributed by atoms with Gasteiger partial charge in [0.15, 0.2) is 0 Å². The van der Waals surface area contributed by atoms with Crippen LogP contribution in [0.3, 0.4) is 0 Å². The first-order chi connectivity index (χ1) is 9.67. The third kappa shape index (κ3) is 4.62. The van der Waals surface area contributed by atoms with Crippen molar-refractivity contribution in [2.45, 2.75) is 32.4 Å². The zero-order chi connectivity index (χ0) is 14.4. The minimum absolute atomic E-state index is 0.107. The van der Waals surface area contributed by atoms with Crippen LogP contribution in [-0.4, -0.2) is 43.5 Å². The maximum atomic E-state index is 11.3. The summed E-state index contributed by atoms with van der Waals surface area (Å²) in [6, 6.07) is 9.25. The number of benzene rings is 1. The van der Waals surface area contributed by atoms with E-state index in [0.29, 0.717) is 12.6 Å². The number of nitrogens with zero attached hydrogens (tertiary/aromatic N) is 1. The highest BCUT2D eigenvalue weighted by Gasteiger charge is 2.19. The summed E-state index contributed by atoms with van der Waals surface area (Å²) in [7, 11) is 1.69. The first kappa shape index (κ1) is 15.0. The number of hydrogen-bond acceptors (Lipinski definition) is 3. The number of likely N-dealkylation sites (tertiary alicyclic amines) is 1. The molecule has 0 radical (unpaired) electrons. The van der Waals surface area contributed by atoms with Gasteiger partial charge in [-0.25, -0.2) is 0 Å². The van der Waals surface area contributed by atoms with Crippen LogP contribution in [0.5, 0.6) is 0 Å². The molecule has 1 aliphatic heterocycles. The van der Waals surface area contributed by atoms with Gasteiger partial charge in [-0.2, -0.15) is 0 Å². The van der Waals surface area contributed by atoms with Crippen molar-refractivity contribution in [3.63, 3.8) is 0 Å². The summed E-state index contributed by atoms with van der Waals surface area (Å²) in [5, 5.41) is 6.30. The van der Waals surface area contributed by atoms with E-state index in [1.807, 2.05) is 0 Å². The number of carbonyl (C=O) groups excluding carboxylic acids is 1. The van der Waals surface area contributed by atoms with Gasteiger partial charge in [0.05, 0.1) is 6.54 Å². The highest BCUT2D eigenvalue weighted by molar-refractivity contribution is 5.77. The van der Waals surface area contributed by atoms with Crippen LogP contribution in [-0.2, 0) is 11.3 Å². The number of likely N-dealkylation sites (N-methyl/N-ethyl adjacent to an activating group) is 1. The van der Waals surface area contributed by atoms with Crippen LogP contribution >= 0.6 is 0 Å². The Morgan fingerprint density at radius 2 is 1.90 bits per heavy atom. The van der Waals surface area contributed by atoms with Crippen molar-refractivity contribution >= 4 is 5.91 Å². The second-order valence-corrected chi connectivity index (χ2v) is 5.59. The van der Waals surface area contributed by atoms with Gasteiger partial charge >= 0.3 is 0 Å². The highest BCUT2D eigenvalue weighted by Crippen LogP contribution is 2.11. The third-order valence-electron chi connectivity index (χ3n) is 3.95. The Kier molecular flexibility index (Phi) is 5.56. The minimum Gasteiger partial charge on any atom is -0.358 e. The molecule has 2 rings (SSSR count). The summed E-state index contributed by atoms with van der Waals surface area (Å²) in [6.45, 7) is 5.57. The summed E-state index contributed by atoms with van der Waals surface area (Å²) in [6.07, 6.45) is 2.23. The molecule has 1 aliphatic rings. The van der Waals surface area contributed by atoms with Gasteiger partial charge < -0.3 is 10.6 Å². The van der Waals surface area contributed by atoms with Gasteiger partial charge in [-0.1, -0.05) is 29.8 Å². The number of piperidine rings is 1. The third-order valence-corrected chi connectivity index (χ3v) is 3.95. The Morgan fingerprint density at radius 3 is 2.50 bits per heavy atom. The fourth-order valence-electron chi connectivity index (χ4n) is 2.55. The average molecular weight is 275 g/mol. The number of nitrogens with one attached hydrogen (secondary N) is 2. The van der Waals surface area contributed by atoms with E-state index in [1.54, 1.807) is 7.05 Å². The lowest BCUT2D eigenvalue weighted by molar-refractivity contribution is -0.122. The summed E-state index contributed by atoms with van der Waals surface area (Å²) in [5.74, 6) is 0.107. The van der Waals surface area contributed by atoms with Crippen LogP contribution in [0.4, 0.5) is 0 Å². The molecule has 110 valence electrons. The molecule has 0 atom stereocenters. The van der Waals surface area contributed by atoms with Gasteiger partial charge in [0.2, 0.25) is 5.91 Å². The molecule has 1 heterocycles. The average Bonchev–Trinajstić information content (AvgIpc) is 2.48. The molecular weight excluding hydrogens is 250 g/mol. The van der Waals surface area contributed by atoms with Crippen LogP contribution in [0.1, 0.15) is 24.0 Å². The van der Waals surface area contributed by atoms with Crippen molar-refractivity contribution < 1.29 is 4.79 Å². The van der Waals surface area contributed by atoms with E-state index in [4.69, 9.17) is 0 Å². The zero-order valence-electron chi connectivity index (χ0n) is 12.5. The molecule has 1 aromatic carbocycles. The maximum Gasteiger partial charge on any atom is 0.233 e. The molecular formula is C16H25N3O. The predicted octanol–water partition coefficient (Wildman–Crippen LogP) is 1.30. The predicted molar refractivity (Wildman–Crippen MR) is 81.5 cm³/mol. The number of carbonyl (C=O) groups is 1. The van der Waals surface area contributed by atoms with E-state index < -0.39 is 0 Å². The Labute approximate surface area is 121 Å². The Balaban J connectivity index is 1.69. The van der Waals surface area contributed by atoms with Gasteiger partial charge in [0, 0.05) is 32.7 Å². The number of hydrogen-bond donors (Lipinski definition) is 2. The molecule has 4 nitrogen and oxygen atoms in total. The fourth-order valence-corrected chi connectivity index (χ4v) is 2.55. The van der Waals surface area contributed by atoms with Crippen molar-refractivity contribution in [3.8, 4) is 0 Å². The quantitative estimate of drug-likeness (QED) is 0.851. The van der Waals surface area contributed by atoms with Crippen molar-refractivity contribution in [3.05, 3.63) is 35.4 Å². The summed E-state index contributed by atoms with van der Waals surface area (Å²) in [5.41, 5.74) is 2.64. The van der Waals surface area contributed by atoms with E-state index >= 15 is 0 Å². The lowest BCUT2D eigenvalue weighted by Gasteiger charge is -2.31. The maximum absolute atomic E-state index is 11.3. The van der Waals surface area contributed by atoms with Crippen LogP contribution in [0, 0.1) is 6.92 Å². The lowest BCUT2D eigenvalue weighted by atomic mass is 10.0. The molecule has 1 saturated heterocycles. The first-order valence-corrected chi connectivity index (χ1v) is 7.39. The SMILES string of the molecule is CNC(=O)CN1CCC(NCc2ccc(C)cc2)CC1. The molecule has 1 aromatic rings. The van der Waals surface area contributed by atoms with Crippen molar-refractivity contribution in [2.75, 3.05) is 26.7 Å². The number of rotatable bonds is 5. The van der Waals surface area contributed by atoms with Crippen molar-refractivity contribution in [1.82, 2.24) is 15.5 Å². The second-order valence-electron chi connectivity index (χ2n) is 5.59. The Hall–Kier alpha value is -1.39. The van der Waals surface area contributed by atoms with Crippen LogP contribution in [0.2, 0.25) is 0 Å². The molecule has 1 amide bonds. The molecule has 0 bridgehead atoms. The number of aryl methyl sites for hydroxylation is 1. The van der Waals surface area contributed by atoms with Crippen LogP contribution in [0.25, 0.3) is 0 Å². The van der Waals surface area contributed by atoms with Crippen molar-refractivity contribution in [2.24, 2.45) is 0 Å². The smallest absolute Gasteiger partial charge is 0.233 e.